The molecule has 0 saturated heterocycles. The number of carboxylic acid groups (broad SMARTS) is 1. The molecule has 0 radical (unpaired) electrons. The molecule has 1 heterocycles. The van der Waals surface area contributed by atoms with Gasteiger partial charge in [0.25, 0.3) is 0 Å². The molecule has 0 spiro atoms. The van der Waals surface area contributed by atoms with Crippen LogP contribution in [0.5, 0.6) is 5.75 Å². The van der Waals surface area contributed by atoms with Crippen LogP contribution < -0.4 is 4.74 Å². The molecule has 2 aliphatic rings. The summed E-state index contributed by atoms with van der Waals surface area (Å²) in [5.41, 5.74) is 6.30. The molecule has 1 unspecified atom stereocenters. The van der Waals surface area contributed by atoms with E-state index >= 15 is 0 Å². The van der Waals surface area contributed by atoms with E-state index in [2.05, 4.69) is 28.0 Å². The predicted octanol–water partition coefficient (Wildman–Crippen LogP) is 6.85. The highest BCUT2D eigenvalue weighted by molar-refractivity contribution is 5.87. The van der Waals surface area contributed by atoms with Gasteiger partial charge in [0.1, 0.15) is 12.4 Å². The average Bonchev–Trinajstić information content (AvgIpc) is 3.37. The van der Waals surface area contributed by atoms with Gasteiger partial charge in [-0.3, -0.25) is 4.79 Å². The minimum atomic E-state index is -0.751. The quantitative estimate of drug-likeness (QED) is 0.422. The van der Waals surface area contributed by atoms with Crippen LogP contribution in [0.4, 0.5) is 5.69 Å². The lowest BCUT2D eigenvalue weighted by Gasteiger charge is -2.23. The van der Waals surface area contributed by atoms with Crippen molar-refractivity contribution in [2.24, 2.45) is 0 Å². The lowest BCUT2D eigenvalue weighted by Crippen LogP contribution is -2.05. The van der Waals surface area contributed by atoms with Crippen molar-refractivity contribution in [1.29, 1.82) is 0 Å². The Bertz CT molecular complexity index is 1200. The fourth-order valence-electron chi connectivity index (χ4n) is 5.53. The van der Waals surface area contributed by atoms with E-state index in [0.29, 0.717) is 12.5 Å². The molecule has 0 bridgehead atoms. The number of aromatic amines is 1. The molecule has 5 rings (SSSR count). The summed E-state index contributed by atoms with van der Waals surface area (Å²) in [7, 11) is 0. The Labute approximate surface area is 188 Å². The van der Waals surface area contributed by atoms with Gasteiger partial charge in [0.05, 0.1) is 13.0 Å². The topological polar surface area (TPSA) is 66.7 Å². The minimum Gasteiger partial charge on any atom is -0.489 e. The maximum Gasteiger partial charge on any atom is 0.304 e. The van der Waals surface area contributed by atoms with Crippen LogP contribution in [0.3, 0.4) is 0 Å². The number of rotatable bonds is 6. The van der Waals surface area contributed by atoms with E-state index in [9.17, 15) is 9.90 Å². The van der Waals surface area contributed by atoms with Crippen molar-refractivity contribution in [3.63, 3.8) is 0 Å². The van der Waals surface area contributed by atoms with Crippen LogP contribution in [0.1, 0.15) is 79.2 Å². The van der Waals surface area contributed by atoms with E-state index in [0.717, 1.165) is 46.4 Å². The molecule has 1 aromatic heterocycles. The van der Waals surface area contributed by atoms with Gasteiger partial charge < -0.3 is 14.8 Å². The van der Waals surface area contributed by atoms with Gasteiger partial charge in [0.2, 0.25) is 0 Å². The number of fused-ring (bicyclic) bond motifs is 3. The lowest BCUT2D eigenvalue weighted by atomic mass is 9.83. The zero-order chi connectivity index (χ0) is 22.1. The number of ether oxygens (including phenoxy) is 1. The Balaban J connectivity index is 1.32. The number of nitrogens with zero attached hydrogens (tertiary/aromatic N) is 1. The van der Waals surface area contributed by atoms with Crippen LogP contribution in [0, 0.1) is 6.57 Å². The lowest BCUT2D eigenvalue weighted by molar-refractivity contribution is -0.137. The molecule has 3 aromatic rings. The number of hydrogen-bond donors (Lipinski definition) is 2. The van der Waals surface area contributed by atoms with Gasteiger partial charge in [-0.1, -0.05) is 31.4 Å². The van der Waals surface area contributed by atoms with Gasteiger partial charge in [-0.25, -0.2) is 4.85 Å². The van der Waals surface area contributed by atoms with Crippen LogP contribution in [-0.2, 0) is 17.8 Å². The molecular weight excluding hydrogens is 400 g/mol. The Morgan fingerprint density at radius 3 is 2.75 bits per heavy atom. The largest absolute Gasteiger partial charge is 0.489 e. The first-order valence-electron chi connectivity index (χ1n) is 11.6. The maximum atomic E-state index is 11.2. The number of nitrogens with one attached hydrogen (secondary N) is 1. The first kappa shape index (κ1) is 20.6. The zero-order valence-electron chi connectivity index (χ0n) is 18.2. The van der Waals surface area contributed by atoms with Crippen molar-refractivity contribution >= 4 is 22.6 Å². The fourth-order valence-corrected chi connectivity index (χ4v) is 5.53. The van der Waals surface area contributed by atoms with Crippen LogP contribution in [-0.4, -0.2) is 16.1 Å². The van der Waals surface area contributed by atoms with Crippen LogP contribution in [0.15, 0.2) is 36.4 Å². The number of aryl methyl sites for hydroxylation is 1. The van der Waals surface area contributed by atoms with E-state index in [1.165, 1.54) is 43.2 Å². The summed E-state index contributed by atoms with van der Waals surface area (Å²) in [6.07, 6.45) is 8.15. The maximum absolute atomic E-state index is 11.2. The number of benzene rings is 2. The molecule has 5 nitrogen and oxygen atoms in total. The van der Waals surface area contributed by atoms with E-state index in [1.807, 2.05) is 18.2 Å². The predicted molar refractivity (Wildman–Crippen MR) is 124 cm³/mol. The number of aromatic nitrogens is 1. The van der Waals surface area contributed by atoms with Gasteiger partial charge in [-0.05, 0) is 72.6 Å². The Morgan fingerprint density at radius 1 is 1.12 bits per heavy atom. The molecule has 1 atom stereocenters. The molecule has 2 aliphatic carbocycles. The van der Waals surface area contributed by atoms with Crippen LogP contribution >= 0.6 is 0 Å². The highest BCUT2D eigenvalue weighted by atomic mass is 16.5. The second-order valence-corrected chi connectivity index (χ2v) is 9.19. The second-order valence-electron chi connectivity index (χ2n) is 9.19. The number of aliphatic carboxylic acids is 1. The molecule has 164 valence electrons. The Morgan fingerprint density at radius 2 is 1.97 bits per heavy atom. The third kappa shape index (κ3) is 3.98. The van der Waals surface area contributed by atoms with Crippen molar-refractivity contribution in [3.8, 4) is 5.75 Å². The highest BCUT2D eigenvalue weighted by Gasteiger charge is 2.28. The molecule has 2 N–H and O–H groups in total. The Kier molecular flexibility index (Phi) is 5.61. The smallest absolute Gasteiger partial charge is 0.304 e. The monoisotopic (exact) mass is 428 g/mol. The first-order valence-corrected chi connectivity index (χ1v) is 11.6. The van der Waals surface area contributed by atoms with Crippen molar-refractivity contribution in [3.05, 3.63) is 70.2 Å². The highest BCUT2D eigenvalue weighted by Crippen LogP contribution is 2.41. The summed E-state index contributed by atoms with van der Waals surface area (Å²) >= 11 is 0. The summed E-state index contributed by atoms with van der Waals surface area (Å²) in [6.45, 7) is 8.07. The summed E-state index contributed by atoms with van der Waals surface area (Å²) < 4.78 is 6.09. The van der Waals surface area contributed by atoms with E-state index in [-0.39, 0.29) is 12.3 Å². The molecule has 2 aromatic carbocycles. The molecule has 0 amide bonds. The summed E-state index contributed by atoms with van der Waals surface area (Å²) in [5.74, 6) is 0.625. The van der Waals surface area contributed by atoms with Crippen molar-refractivity contribution in [2.75, 3.05) is 0 Å². The van der Waals surface area contributed by atoms with Gasteiger partial charge in [-0.2, -0.15) is 0 Å². The number of hydrogen-bond acceptors (Lipinski definition) is 2. The number of carbonyl (C=O) groups is 1. The van der Waals surface area contributed by atoms with Crippen molar-refractivity contribution < 1.29 is 14.6 Å². The molecular formula is C27H28N2O3. The van der Waals surface area contributed by atoms with Gasteiger partial charge in [-0.15, -0.1) is 0 Å². The van der Waals surface area contributed by atoms with Crippen molar-refractivity contribution in [2.45, 2.75) is 69.8 Å². The summed E-state index contributed by atoms with van der Waals surface area (Å²) in [5, 5.41) is 10.3. The third-order valence-electron chi connectivity index (χ3n) is 7.15. The second kappa shape index (κ2) is 8.70. The molecule has 32 heavy (non-hydrogen) atoms. The number of carboxylic acids is 1. The first-order chi connectivity index (χ1) is 15.6. The molecule has 5 heteroatoms. The van der Waals surface area contributed by atoms with Crippen molar-refractivity contribution in [1.82, 2.24) is 4.98 Å². The van der Waals surface area contributed by atoms with E-state index in [1.54, 1.807) is 0 Å². The average molecular weight is 429 g/mol. The van der Waals surface area contributed by atoms with E-state index < -0.39 is 5.97 Å². The normalized spacial score (nSPS) is 18.4. The SMILES string of the molecule is [C-]#[N+]c1cc(COc2ccc3[nH]c4c(c3c2)CCC4CC(=O)O)ccc1C1CCCCC1. The molecule has 0 aliphatic heterocycles. The summed E-state index contributed by atoms with van der Waals surface area (Å²) in [6, 6.07) is 12.2. The third-order valence-corrected chi connectivity index (χ3v) is 7.15. The summed E-state index contributed by atoms with van der Waals surface area (Å²) in [4.78, 5) is 18.4. The van der Waals surface area contributed by atoms with Crippen LogP contribution in [0.2, 0.25) is 0 Å². The molecule has 1 fully saturated rings. The molecule has 1 saturated carbocycles. The Hall–Kier alpha value is -3.26. The minimum absolute atomic E-state index is 0.0639. The zero-order valence-corrected chi connectivity index (χ0v) is 18.2. The fraction of sp³-hybridized carbons (Fsp3) is 0.407. The number of H-pyrrole nitrogens is 1. The van der Waals surface area contributed by atoms with Gasteiger partial charge >= 0.3 is 5.97 Å². The van der Waals surface area contributed by atoms with Crippen LogP contribution in [0.25, 0.3) is 15.7 Å². The standard InChI is InChI=1S/C27H28N2O3/c1-28-25-13-17(7-10-21(25)18-5-3-2-4-6-18)16-32-20-9-12-24-23(15-20)22-11-8-19(14-26(30)31)27(22)29-24/h7,9-10,12-13,15,18-19,29H,2-6,8,11,14,16H2,(H,30,31). The van der Waals surface area contributed by atoms with E-state index in [4.69, 9.17) is 11.3 Å². The van der Waals surface area contributed by atoms with Gasteiger partial charge in [0.15, 0.2) is 5.69 Å². The van der Waals surface area contributed by atoms with Gasteiger partial charge in [0, 0.05) is 22.5 Å².